The average Bonchev–Trinajstić information content (AvgIpc) is 2.34. The highest BCUT2D eigenvalue weighted by atomic mass is 16.3. The highest BCUT2D eigenvalue weighted by Crippen LogP contribution is 2.30. The Kier molecular flexibility index (Phi) is 1.31. The molecule has 1 fully saturated rings. The van der Waals surface area contributed by atoms with Crippen LogP contribution in [0.15, 0.2) is 16.8 Å². The van der Waals surface area contributed by atoms with Crippen molar-refractivity contribution in [3.05, 3.63) is 11.8 Å². The van der Waals surface area contributed by atoms with E-state index in [1.807, 2.05) is 0 Å². The molecule has 1 heterocycles. The fourth-order valence-corrected chi connectivity index (χ4v) is 1.68. The van der Waals surface area contributed by atoms with Gasteiger partial charge in [0, 0.05) is 11.8 Å². The molecule has 11 heavy (non-hydrogen) atoms. The lowest BCUT2D eigenvalue weighted by atomic mass is 10.0. The zero-order chi connectivity index (χ0) is 7.84. The molecule has 1 aliphatic carbocycles. The number of aliphatic hydroxyl groups excluding tert-OH is 1. The van der Waals surface area contributed by atoms with Crippen molar-refractivity contribution >= 4 is 11.6 Å². The smallest absolute Gasteiger partial charge is 0.273 e. The molecule has 0 aromatic rings. The Morgan fingerprint density at radius 3 is 3.27 bits per heavy atom. The van der Waals surface area contributed by atoms with Gasteiger partial charge >= 0.3 is 0 Å². The lowest BCUT2D eigenvalue weighted by molar-refractivity contribution is -0.113. The van der Waals surface area contributed by atoms with Gasteiger partial charge < -0.3 is 5.11 Å². The van der Waals surface area contributed by atoms with Crippen LogP contribution in [0.3, 0.4) is 0 Å². The van der Waals surface area contributed by atoms with Gasteiger partial charge in [0.1, 0.15) is 5.76 Å². The first-order valence-electron chi connectivity index (χ1n) is 3.79. The SMILES string of the molecule is O=C1C=C(O)C2CCCC2=N1. The maximum absolute atomic E-state index is 10.8. The number of amides is 1. The number of dihydropyridines is 1. The summed E-state index contributed by atoms with van der Waals surface area (Å²) in [5.74, 6) is -0.0409. The molecule has 0 aromatic carbocycles. The van der Waals surface area contributed by atoms with Crippen LogP contribution in [0, 0.1) is 5.92 Å². The van der Waals surface area contributed by atoms with Gasteiger partial charge in [-0.2, -0.15) is 0 Å². The van der Waals surface area contributed by atoms with Crippen LogP contribution in [0.25, 0.3) is 0 Å². The number of aliphatic hydroxyl groups is 1. The fraction of sp³-hybridized carbons (Fsp3) is 0.500. The second-order valence-corrected chi connectivity index (χ2v) is 2.96. The third-order valence-electron chi connectivity index (χ3n) is 2.21. The minimum atomic E-state index is -0.310. The van der Waals surface area contributed by atoms with E-state index in [1.165, 1.54) is 6.08 Å². The number of carbonyl (C=O) groups is 1. The molecule has 2 aliphatic rings. The van der Waals surface area contributed by atoms with E-state index in [2.05, 4.69) is 4.99 Å². The van der Waals surface area contributed by atoms with Gasteiger partial charge in [-0.1, -0.05) is 0 Å². The van der Waals surface area contributed by atoms with E-state index in [0.717, 1.165) is 25.0 Å². The summed E-state index contributed by atoms with van der Waals surface area (Å²) in [4.78, 5) is 14.6. The molecule has 0 aromatic heterocycles. The average molecular weight is 151 g/mol. The molecule has 3 heteroatoms. The zero-order valence-electron chi connectivity index (χ0n) is 6.08. The number of nitrogens with zero attached hydrogens (tertiary/aromatic N) is 1. The van der Waals surface area contributed by atoms with E-state index in [4.69, 9.17) is 0 Å². The van der Waals surface area contributed by atoms with Gasteiger partial charge in [0.05, 0.1) is 5.92 Å². The van der Waals surface area contributed by atoms with Crippen LogP contribution in [0.5, 0.6) is 0 Å². The number of fused-ring (bicyclic) bond motifs is 1. The number of aliphatic imine (C=N–C) groups is 1. The molecule has 1 saturated carbocycles. The van der Waals surface area contributed by atoms with E-state index < -0.39 is 0 Å². The molecule has 1 unspecified atom stereocenters. The summed E-state index contributed by atoms with van der Waals surface area (Å²) in [5.41, 5.74) is 0.870. The summed E-state index contributed by atoms with van der Waals surface area (Å²) in [6.45, 7) is 0. The molecule has 1 aliphatic heterocycles. The fourth-order valence-electron chi connectivity index (χ4n) is 1.68. The van der Waals surface area contributed by atoms with Crippen LogP contribution in [0.4, 0.5) is 0 Å². The van der Waals surface area contributed by atoms with Gasteiger partial charge in [0.2, 0.25) is 0 Å². The van der Waals surface area contributed by atoms with Crippen LogP contribution >= 0.6 is 0 Å². The molecule has 58 valence electrons. The van der Waals surface area contributed by atoms with Gasteiger partial charge in [-0.05, 0) is 19.3 Å². The van der Waals surface area contributed by atoms with Gasteiger partial charge in [-0.3, -0.25) is 4.79 Å². The summed E-state index contributed by atoms with van der Waals surface area (Å²) in [6.07, 6.45) is 4.07. The Bertz CT molecular complexity index is 265. The molecular weight excluding hydrogens is 142 g/mol. The molecule has 3 nitrogen and oxygen atoms in total. The first kappa shape index (κ1) is 6.58. The Morgan fingerprint density at radius 2 is 2.45 bits per heavy atom. The maximum atomic E-state index is 10.8. The van der Waals surface area contributed by atoms with Crippen molar-refractivity contribution < 1.29 is 9.90 Å². The minimum Gasteiger partial charge on any atom is -0.511 e. The van der Waals surface area contributed by atoms with Crippen molar-refractivity contribution in [2.24, 2.45) is 10.9 Å². The predicted molar refractivity (Wildman–Crippen MR) is 40.5 cm³/mol. The van der Waals surface area contributed by atoms with Crippen LogP contribution < -0.4 is 0 Å². The zero-order valence-corrected chi connectivity index (χ0v) is 6.08. The van der Waals surface area contributed by atoms with Crippen molar-refractivity contribution in [1.29, 1.82) is 0 Å². The third-order valence-corrected chi connectivity index (χ3v) is 2.21. The number of hydrogen-bond acceptors (Lipinski definition) is 2. The van der Waals surface area contributed by atoms with Gasteiger partial charge in [0.25, 0.3) is 5.91 Å². The van der Waals surface area contributed by atoms with Crippen LogP contribution in [-0.4, -0.2) is 16.7 Å². The van der Waals surface area contributed by atoms with Gasteiger partial charge in [-0.15, -0.1) is 0 Å². The van der Waals surface area contributed by atoms with Gasteiger partial charge in [0.15, 0.2) is 0 Å². The molecule has 1 amide bonds. The van der Waals surface area contributed by atoms with Gasteiger partial charge in [-0.25, -0.2) is 4.99 Å². The third kappa shape index (κ3) is 0.964. The molecule has 0 radical (unpaired) electrons. The lowest BCUT2D eigenvalue weighted by Crippen LogP contribution is -2.16. The number of allylic oxidation sites excluding steroid dienone is 1. The largest absolute Gasteiger partial charge is 0.511 e. The van der Waals surface area contributed by atoms with E-state index in [9.17, 15) is 9.90 Å². The van der Waals surface area contributed by atoms with E-state index in [-0.39, 0.29) is 17.6 Å². The summed E-state index contributed by atoms with van der Waals surface area (Å²) >= 11 is 0. The minimum absolute atomic E-state index is 0.0627. The Morgan fingerprint density at radius 1 is 1.64 bits per heavy atom. The second kappa shape index (κ2) is 2.19. The van der Waals surface area contributed by atoms with Crippen LogP contribution in [0.2, 0.25) is 0 Å². The van der Waals surface area contributed by atoms with Crippen molar-refractivity contribution in [1.82, 2.24) is 0 Å². The Labute approximate surface area is 64.4 Å². The van der Waals surface area contributed by atoms with Crippen LogP contribution in [-0.2, 0) is 4.79 Å². The summed E-state index contributed by atoms with van der Waals surface area (Å²) in [6, 6.07) is 0. The highest BCUT2D eigenvalue weighted by Gasteiger charge is 2.29. The van der Waals surface area contributed by atoms with E-state index in [1.54, 1.807) is 0 Å². The predicted octanol–water partition coefficient (Wildman–Crippen LogP) is 1.21. The second-order valence-electron chi connectivity index (χ2n) is 2.96. The van der Waals surface area contributed by atoms with Crippen molar-refractivity contribution in [3.8, 4) is 0 Å². The summed E-state index contributed by atoms with van der Waals surface area (Å²) < 4.78 is 0. The van der Waals surface area contributed by atoms with Crippen molar-refractivity contribution in [3.63, 3.8) is 0 Å². The molecule has 0 bridgehead atoms. The normalized spacial score (nSPS) is 29.5. The topological polar surface area (TPSA) is 49.7 Å². The molecule has 0 spiro atoms. The van der Waals surface area contributed by atoms with E-state index >= 15 is 0 Å². The van der Waals surface area contributed by atoms with Crippen molar-refractivity contribution in [2.45, 2.75) is 19.3 Å². The Balaban J connectivity index is 2.36. The molecule has 0 saturated heterocycles. The molecule has 2 rings (SSSR count). The lowest BCUT2D eigenvalue weighted by Gasteiger charge is -2.12. The number of rotatable bonds is 0. The van der Waals surface area contributed by atoms with Crippen molar-refractivity contribution in [2.75, 3.05) is 0 Å². The molecule has 1 atom stereocenters. The summed E-state index contributed by atoms with van der Waals surface area (Å²) in [5, 5.41) is 9.31. The quantitative estimate of drug-likeness (QED) is 0.565. The van der Waals surface area contributed by atoms with Crippen LogP contribution in [0.1, 0.15) is 19.3 Å². The number of carbonyl (C=O) groups excluding carboxylic acids is 1. The maximum Gasteiger partial charge on any atom is 0.273 e. The first-order chi connectivity index (χ1) is 5.27. The Hall–Kier alpha value is -1.12. The number of hydrogen-bond donors (Lipinski definition) is 1. The van der Waals surface area contributed by atoms with E-state index in [0.29, 0.717) is 0 Å². The monoisotopic (exact) mass is 151 g/mol. The summed E-state index contributed by atoms with van der Waals surface area (Å²) in [7, 11) is 0. The molecular formula is C8H9NO2. The first-order valence-corrected chi connectivity index (χ1v) is 3.79. The molecule has 1 N–H and O–H groups in total. The highest BCUT2D eigenvalue weighted by molar-refractivity contribution is 6.06. The standard InChI is InChI=1S/C8H9NO2/c10-7-4-8(11)9-6-3-1-2-5(6)7/h4-5,10H,1-3H2.